The van der Waals surface area contributed by atoms with Crippen LogP contribution in [0.4, 0.5) is 5.69 Å². The number of anilines is 1. The van der Waals surface area contributed by atoms with Crippen LogP contribution in [0.1, 0.15) is 27.2 Å². The van der Waals surface area contributed by atoms with Gasteiger partial charge in [-0.3, -0.25) is 0 Å². The lowest BCUT2D eigenvalue weighted by molar-refractivity contribution is 0.426. The molecule has 1 atom stereocenters. The molecule has 0 aromatic heterocycles. The minimum Gasteiger partial charge on any atom is -0.362 e. The molecule has 1 saturated heterocycles. The van der Waals surface area contributed by atoms with E-state index in [9.17, 15) is 0 Å². The molecule has 1 N–H and O–H groups in total. The van der Waals surface area contributed by atoms with Crippen LogP contribution in [0.5, 0.6) is 0 Å². The van der Waals surface area contributed by atoms with Gasteiger partial charge >= 0.3 is 0 Å². The number of nitrogens with zero attached hydrogens (tertiary/aromatic N) is 1. The maximum atomic E-state index is 3.51. The lowest BCUT2D eigenvalue weighted by Gasteiger charge is -2.42. The molecule has 0 radical (unpaired) electrons. The van der Waals surface area contributed by atoms with Gasteiger partial charge in [0, 0.05) is 23.8 Å². The van der Waals surface area contributed by atoms with Crippen LogP contribution in [0.2, 0.25) is 0 Å². The van der Waals surface area contributed by atoms with E-state index >= 15 is 0 Å². The minimum absolute atomic E-state index is 0.226. The van der Waals surface area contributed by atoms with Crippen LogP contribution in [0.25, 0.3) is 0 Å². The maximum Gasteiger partial charge on any atom is 0.0391 e. The number of hydrogen-bond acceptors (Lipinski definition) is 2. The van der Waals surface area contributed by atoms with Gasteiger partial charge in [-0.25, -0.2) is 0 Å². The van der Waals surface area contributed by atoms with Gasteiger partial charge in [-0.1, -0.05) is 18.2 Å². The summed E-state index contributed by atoms with van der Waals surface area (Å²) < 4.78 is 0. The molecule has 1 aromatic rings. The lowest BCUT2D eigenvalue weighted by atomic mass is 9.96. The molecule has 1 aliphatic heterocycles. The van der Waals surface area contributed by atoms with Crippen molar-refractivity contribution in [1.82, 2.24) is 5.32 Å². The van der Waals surface area contributed by atoms with Crippen molar-refractivity contribution >= 4 is 5.69 Å². The Kier molecular flexibility index (Phi) is 3.20. The van der Waals surface area contributed by atoms with E-state index in [1.807, 2.05) is 0 Å². The first-order valence-corrected chi connectivity index (χ1v) is 6.16. The molecule has 1 aromatic carbocycles. The van der Waals surface area contributed by atoms with Gasteiger partial charge in [-0.15, -0.1) is 0 Å². The SMILES string of the molecule is CC1CNCCC(C)(C)N1c1ccccc1. The predicted octanol–water partition coefficient (Wildman–Crippen LogP) is 2.65. The third kappa shape index (κ3) is 2.22. The highest BCUT2D eigenvalue weighted by Crippen LogP contribution is 2.29. The van der Waals surface area contributed by atoms with Crippen LogP contribution in [0.3, 0.4) is 0 Å². The number of para-hydroxylation sites is 1. The summed E-state index contributed by atoms with van der Waals surface area (Å²) in [6, 6.07) is 11.3. The zero-order chi connectivity index (χ0) is 11.6. The van der Waals surface area contributed by atoms with Gasteiger partial charge < -0.3 is 10.2 Å². The molecule has 1 aliphatic rings. The molecule has 2 rings (SSSR count). The molecule has 0 saturated carbocycles. The van der Waals surface area contributed by atoms with Crippen LogP contribution < -0.4 is 10.2 Å². The fraction of sp³-hybridized carbons (Fsp3) is 0.571. The zero-order valence-corrected chi connectivity index (χ0v) is 10.5. The standard InChI is InChI=1S/C14H22N2/c1-12-11-15-10-9-14(2,3)16(12)13-7-5-4-6-8-13/h4-8,12,15H,9-11H2,1-3H3. The molecule has 0 spiro atoms. The minimum atomic E-state index is 0.226. The fourth-order valence-corrected chi connectivity index (χ4v) is 2.71. The molecule has 16 heavy (non-hydrogen) atoms. The van der Waals surface area contributed by atoms with Gasteiger partial charge in [0.05, 0.1) is 0 Å². The van der Waals surface area contributed by atoms with E-state index < -0.39 is 0 Å². The third-order valence-corrected chi connectivity index (χ3v) is 3.48. The van der Waals surface area contributed by atoms with Crippen molar-refractivity contribution in [2.24, 2.45) is 0 Å². The first-order valence-electron chi connectivity index (χ1n) is 6.16. The highest BCUT2D eigenvalue weighted by atomic mass is 15.2. The normalized spacial score (nSPS) is 25.2. The summed E-state index contributed by atoms with van der Waals surface area (Å²) in [6.07, 6.45) is 1.19. The van der Waals surface area contributed by atoms with Crippen LogP contribution in [0.15, 0.2) is 30.3 Å². The second-order valence-electron chi connectivity index (χ2n) is 5.32. The van der Waals surface area contributed by atoms with Crippen molar-refractivity contribution < 1.29 is 0 Å². The first-order chi connectivity index (χ1) is 7.61. The maximum absolute atomic E-state index is 3.51. The van der Waals surface area contributed by atoms with E-state index in [4.69, 9.17) is 0 Å². The number of benzene rings is 1. The van der Waals surface area contributed by atoms with E-state index in [0.29, 0.717) is 6.04 Å². The Morgan fingerprint density at radius 2 is 1.94 bits per heavy atom. The monoisotopic (exact) mass is 218 g/mol. The zero-order valence-electron chi connectivity index (χ0n) is 10.5. The summed E-state index contributed by atoms with van der Waals surface area (Å²) in [4.78, 5) is 2.55. The molecule has 0 bridgehead atoms. The van der Waals surface area contributed by atoms with Crippen molar-refractivity contribution in [2.75, 3.05) is 18.0 Å². The Morgan fingerprint density at radius 1 is 1.25 bits per heavy atom. The molecular weight excluding hydrogens is 196 g/mol. The average Bonchev–Trinajstić information content (AvgIpc) is 2.38. The Balaban J connectivity index is 2.34. The lowest BCUT2D eigenvalue weighted by Crippen LogP contribution is -2.49. The number of hydrogen-bond donors (Lipinski definition) is 1. The first kappa shape index (κ1) is 11.5. The Labute approximate surface area is 98.7 Å². The summed E-state index contributed by atoms with van der Waals surface area (Å²) in [5.41, 5.74) is 1.56. The Hall–Kier alpha value is -1.02. The van der Waals surface area contributed by atoms with E-state index in [-0.39, 0.29) is 5.54 Å². The molecule has 2 heteroatoms. The van der Waals surface area contributed by atoms with Crippen molar-refractivity contribution in [2.45, 2.75) is 38.8 Å². The van der Waals surface area contributed by atoms with Crippen molar-refractivity contribution in [3.05, 3.63) is 30.3 Å². The quantitative estimate of drug-likeness (QED) is 0.779. The summed E-state index contributed by atoms with van der Waals surface area (Å²) in [5, 5.41) is 3.51. The van der Waals surface area contributed by atoms with Gasteiger partial charge in [0.15, 0.2) is 0 Å². The summed E-state index contributed by atoms with van der Waals surface area (Å²) >= 11 is 0. The van der Waals surface area contributed by atoms with Crippen LogP contribution >= 0.6 is 0 Å². The predicted molar refractivity (Wildman–Crippen MR) is 69.9 cm³/mol. The molecule has 0 aliphatic carbocycles. The van der Waals surface area contributed by atoms with Gasteiger partial charge in [-0.05, 0) is 45.9 Å². The van der Waals surface area contributed by atoms with E-state index in [1.54, 1.807) is 0 Å². The molecule has 2 nitrogen and oxygen atoms in total. The summed E-state index contributed by atoms with van der Waals surface area (Å²) in [5.74, 6) is 0. The van der Waals surface area contributed by atoms with E-state index in [1.165, 1.54) is 12.1 Å². The second kappa shape index (κ2) is 4.46. The summed E-state index contributed by atoms with van der Waals surface area (Å²) in [6.45, 7) is 9.15. The average molecular weight is 218 g/mol. The number of nitrogens with one attached hydrogen (secondary N) is 1. The smallest absolute Gasteiger partial charge is 0.0391 e. The van der Waals surface area contributed by atoms with Crippen molar-refractivity contribution in [3.8, 4) is 0 Å². The fourth-order valence-electron chi connectivity index (χ4n) is 2.71. The van der Waals surface area contributed by atoms with Gasteiger partial charge in [0.1, 0.15) is 0 Å². The largest absolute Gasteiger partial charge is 0.362 e. The molecular formula is C14H22N2. The highest BCUT2D eigenvalue weighted by molar-refractivity contribution is 5.50. The highest BCUT2D eigenvalue weighted by Gasteiger charge is 2.32. The third-order valence-electron chi connectivity index (χ3n) is 3.48. The van der Waals surface area contributed by atoms with E-state index in [2.05, 4.69) is 61.3 Å². The van der Waals surface area contributed by atoms with Crippen LogP contribution in [0, 0.1) is 0 Å². The van der Waals surface area contributed by atoms with Gasteiger partial charge in [-0.2, -0.15) is 0 Å². The summed E-state index contributed by atoms with van der Waals surface area (Å²) in [7, 11) is 0. The Morgan fingerprint density at radius 3 is 2.62 bits per heavy atom. The van der Waals surface area contributed by atoms with Crippen molar-refractivity contribution in [3.63, 3.8) is 0 Å². The van der Waals surface area contributed by atoms with E-state index in [0.717, 1.165) is 13.1 Å². The Bertz CT molecular complexity index is 332. The molecule has 1 fully saturated rings. The topological polar surface area (TPSA) is 15.3 Å². The van der Waals surface area contributed by atoms with Gasteiger partial charge in [0.2, 0.25) is 0 Å². The van der Waals surface area contributed by atoms with Gasteiger partial charge in [0.25, 0.3) is 0 Å². The molecule has 1 unspecified atom stereocenters. The van der Waals surface area contributed by atoms with Crippen LogP contribution in [-0.4, -0.2) is 24.7 Å². The molecule has 0 amide bonds. The molecule has 88 valence electrons. The molecule has 1 heterocycles. The van der Waals surface area contributed by atoms with Crippen LogP contribution in [-0.2, 0) is 0 Å². The number of rotatable bonds is 1. The van der Waals surface area contributed by atoms with Crippen molar-refractivity contribution in [1.29, 1.82) is 0 Å². The second-order valence-corrected chi connectivity index (χ2v) is 5.32.